The SMILES string of the molecule is O=C(OCC(=O)N1CCN(c2ccc(Cl)cc2[N+](=O)[O-])CC1)c1ccccn1. The summed E-state index contributed by atoms with van der Waals surface area (Å²) in [7, 11) is 0. The van der Waals surface area contributed by atoms with Crippen LogP contribution >= 0.6 is 11.6 Å². The molecule has 2 aromatic rings. The Balaban J connectivity index is 1.55. The van der Waals surface area contributed by atoms with Crippen LogP contribution in [0.3, 0.4) is 0 Å². The van der Waals surface area contributed by atoms with E-state index in [1.165, 1.54) is 18.3 Å². The van der Waals surface area contributed by atoms with Gasteiger partial charge in [-0.3, -0.25) is 14.9 Å². The highest BCUT2D eigenvalue weighted by molar-refractivity contribution is 6.30. The van der Waals surface area contributed by atoms with Crippen molar-refractivity contribution in [2.24, 2.45) is 0 Å². The van der Waals surface area contributed by atoms with Gasteiger partial charge in [0.25, 0.3) is 11.6 Å². The molecule has 0 radical (unpaired) electrons. The molecule has 0 atom stereocenters. The third kappa shape index (κ3) is 4.55. The smallest absolute Gasteiger partial charge is 0.357 e. The van der Waals surface area contributed by atoms with Gasteiger partial charge in [-0.05, 0) is 24.3 Å². The fraction of sp³-hybridized carbons (Fsp3) is 0.278. The number of esters is 1. The highest BCUT2D eigenvalue weighted by atomic mass is 35.5. The number of pyridine rings is 1. The van der Waals surface area contributed by atoms with Crippen molar-refractivity contribution in [2.45, 2.75) is 0 Å². The molecule has 0 spiro atoms. The first-order chi connectivity index (χ1) is 13.5. The van der Waals surface area contributed by atoms with Crippen LogP contribution in [0.5, 0.6) is 0 Å². The molecule has 28 heavy (non-hydrogen) atoms. The molecule has 1 aromatic heterocycles. The zero-order chi connectivity index (χ0) is 20.1. The fourth-order valence-electron chi connectivity index (χ4n) is 2.88. The van der Waals surface area contributed by atoms with Crippen LogP contribution < -0.4 is 4.90 Å². The number of carbonyl (C=O) groups excluding carboxylic acids is 2. The molecule has 0 N–H and O–H groups in total. The molecule has 1 aliphatic rings. The molecule has 3 rings (SSSR count). The average Bonchev–Trinajstić information content (AvgIpc) is 2.72. The number of hydrogen-bond acceptors (Lipinski definition) is 7. The molecule has 146 valence electrons. The Kier molecular flexibility index (Phi) is 6.05. The Morgan fingerprint density at radius 3 is 2.57 bits per heavy atom. The molecule has 1 amide bonds. The van der Waals surface area contributed by atoms with E-state index in [1.807, 2.05) is 4.90 Å². The van der Waals surface area contributed by atoms with E-state index in [0.29, 0.717) is 36.9 Å². The van der Waals surface area contributed by atoms with E-state index in [9.17, 15) is 19.7 Å². The molecular formula is C18H17ClN4O5. The van der Waals surface area contributed by atoms with Crippen molar-refractivity contribution in [3.63, 3.8) is 0 Å². The van der Waals surface area contributed by atoms with Crippen molar-refractivity contribution >= 4 is 34.9 Å². The largest absolute Gasteiger partial charge is 0.451 e. The summed E-state index contributed by atoms with van der Waals surface area (Å²) < 4.78 is 5.01. The van der Waals surface area contributed by atoms with Gasteiger partial charge in [0.2, 0.25) is 0 Å². The van der Waals surface area contributed by atoms with Gasteiger partial charge < -0.3 is 14.5 Å². The Morgan fingerprint density at radius 2 is 1.93 bits per heavy atom. The van der Waals surface area contributed by atoms with Crippen molar-refractivity contribution < 1.29 is 19.2 Å². The van der Waals surface area contributed by atoms with Crippen molar-refractivity contribution in [1.82, 2.24) is 9.88 Å². The quantitative estimate of drug-likeness (QED) is 0.427. The molecule has 0 unspecified atom stereocenters. The summed E-state index contributed by atoms with van der Waals surface area (Å²) in [5, 5.41) is 11.5. The number of hydrogen-bond donors (Lipinski definition) is 0. The first-order valence-corrected chi connectivity index (χ1v) is 8.88. The van der Waals surface area contributed by atoms with E-state index in [0.717, 1.165) is 0 Å². The molecule has 2 heterocycles. The topological polar surface area (TPSA) is 106 Å². The van der Waals surface area contributed by atoms with E-state index in [-0.39, 0.29) is 23.9 Å². The van der Waals surface area contributed by atoms with Gasteiger partial charge in [-0.25, -0.2) is 9.78 Å². The Hall–Kier alpha value is -3.20. The first-order valence-electron chi connectivity index (χ1n) is 8.50. The maximum atomic E-state index is 12.3. The van der Waals surface area contributed by atoms with Gasteiger partial charge in [0.15, 0.2) is 6.61 Å². The number of amides is 1. The molecule has 0 saturated carbocycles. The second-order valence-corrected chi connectivity index (χ2v) is 6.49. The second kappa shape index (κ2) is 8.66. The number of nitro groups is 1. The number of halogens is 1. The zero-order valence-corrected chi connectivity index (χ0v) is 15.5. The molecule has 1 fully saturated rings. The molecule has 0 aliphatic carbocycles. The number of anilines is 1. The van der Waals surface area contributed by atoms with E-state index >= 15 is 0 Å². The van der Waals surface area contributed by atoms with E-state index in [4.69, 9.17) is 16.3 Å². The third-order valence-corrected chi connectivity index (χ3v) is 4.54. The molecular weight excluding hydrogens is 388 g/mol. The van der Waals surface area contributed by atoms with Crippen LogP contribution in [0.2, 0.25) is 5.02 Å². The van der Waals surface area contributed by atoms with E-state index in [2.05, 4.69) is 4.98 Å². The number of carbonyl (C=O) groups is 2. The molecule has 9 nitrogen and oxygen atoms in total. The highest BCUT2D eigenvalue weighted by Gasteiger charge is 2.26. The van der Waals surface area contributed by atoms with Crippen LogP contribution in [0.4, 0.5) is 11.4 Å². The fourth-order valence-corrected chi connectivity index (χ4v) is 3.05. The summed E-state index contributed by atoms with van der Waals surface area (Å²) in [5.41, 5.74) is 0.523. The monoisotopic (exact) mass is 404 g/mol. The summed E-state index contributed by atoms with van der Waals surface area (Å²) in [4.78, 5) is 42.2. The number of nitrogens with zero attached hydrogens (tertiary/aromatic N) is 4. The van der Waals surface area contributed by atoms with Crippen LogP contribution in [-0.4, -0.2) is 59.5 Å². The second-order valence-electron chi connectivity index (χ2n) is 6.05. The summed E-state index contributed by atoms with van der Waals surface area (Å²) in [6.45, 7) is 1.18. The zero-order valence-electron chi connectivity index (χ0n) is 14.8. The lowest BCUT2D eigenvalue weighted by molar-refractivity contribution is -0.384. The summed E-state index contributed by atoms with van der Waals surface area (Å²) >= 11 is 5.85. The first kappa shape index (κ1) is 19.6. The maximum Gasteiger partial charge on any atom is 0.357 e. The van der Waals surface area contributed by atoms with Gasteiger partial charge in [0, 0.05) is 43.5 Å². The van der Waals surface area contributed by atoms with Gasteiger partial charge in [0.05, 0.1) is 4.92 Å². The lowest BCUT2D eigenvalue weighted by Crippen LogP contribution is -2.50. The Morgan fingerprint density at radius 1 is 1.18 bits per heavy atom. The van der Waals surface area contributed by atoms with Gasteiger partial charge in [-0.1, -0.05) is 17.7 Å². The average molecular weight is 405 g/mol. The highest BCUT2D eigenvalue weighted by Crippen LogP contribution is 2.31. The Bertz CT molecular complexity index is 885. The van der Waals surface area contributed by atoms with Crippen LogP contribution in [0.15, 0.2) is 42.6 Å². The number of aromatic nitrogens is 1. The van der Waals surface area contributed by atoms with Gasteiger partial charge in [-0.2, -0.15) is 0 Å². The van der Waals surface area contributed by atoms with Crippen LogP contribution in [0.25, 0.3) is 0 Å². The van der Waals surface area contributed by atoms with Crippen molar-refractivity contribution in [2.75, 3.05) is 37.7 Å². The molecule has 1 aromatic carbocycles. The standard InChI is InChI=1S/C18H17ClN4O5/c19-13-4-5-15(16(11-13)23(26)27)21-7-9-22(10-8-21)17(24)12-28-18(25)14-3-1-2-6-20-14/h1-6,11H,7-10,12H2. The molecule has 1 saturated heterocycles. The number of rotatable bonds is 5. The number of ether oxygens (including phenoxy) is 1. The van der Waals surface area contributed by atoms with Gasteiger partial charge >= 0.3 is 5.97 Å². The van der Waals surface area contributed by atoms with E-state index < -0.39 is 10.9 Å². The predicted octanol–water partition coefficient (Wildman–Crippen LogP) is 2.15. The summed E-state index contributed by atoms with van der Waals surface area (Å²) in [6, 6.07) is 9.34. The van der Waals surface area contributed by atoms with Gasteiger partial charge in [-0.15, -0.1) is 0 Å². The number of nitro benzene ring substituents is 1. The normalized spacial score (nSPS) is 13.9. The van der Waals surface area contributed by atoms with Crippen LogP contribution in [-0.2, 0) is 9.53 Å². The minimum Gasteiger partial charge on any atom is -0.451 e. The lowest BCUT2D eigenvalue weighted by atomic mass is 10.2. The Labute approximate surface area is 165 Å². The maximum absolute atomic E-state index is 12.3. The lowest BCUT2D eigenvalue weighted by Gasteiger charge is -2.35. The summed E-state index contributed by atoms with van der Waals surface area (Å²) in [6.07, 6.45) is 1.47. The number of piperazine rings is 1. The van der Waals surface area contributed by atoms with Crippen molar-refractivity contribution in [3.8, 4) is 0 Å². The van der Waals surface area contributed by atoms with E-state index in [1.54, 1.807) is 29.2 Å². The minimum absolute atomic E-state index is 0.0726. The third-order valence-electron chi connectivity index (χ3n) is 4.31. The van der Waals surface area contributed by atoms with Crippen molar-refractivity contribution in [1.29, 1.82) is 0 Å². The molecule has 10 heteroatoms. The van der Waals surface area contributed by atoms with Crippen LogP contribution in [0, 0.1) is 10.1 Å². The minimum atomic E-state index is -0.663. The predicted molar refractivity (Wildman–Crippen MR) is 101 cm³/mol. The van der Waals surface area contributed by atoms with Crippen molar-refractivity contribution in [3.05, 3.63) is 63.4 Å². The number of benzene rings is 1. The van der Waals surface area contributed by atoms with Crippen LogP contribution in [0.1, 0.15) is 10.5 Å². The molecule has 1 aliphatic heterocycles. The summed E-state index contributed by atoms with van der Waals surface area (Å²) in [5.74, 6) is -0.987. The van der Waals surface area contributed by atoms with Gasteiger partial charge in [0.1, 0.15) is 11.4 Å². The molecule has 0 bridgehead atoms.